The van der Waals surface area contributed by atoms with Gasteiger partial charge in [0.15, 0.2) is 0 Å². The molecule has 0 aliphatic carbocycles. The number of hydrogen-bond donors (Lipinski definition) is 1. The van der Waals surface area contributed by atoms with Crippen LogP contribution in [0.25, 0.3) is 0 Å². The molecule has 180 valence electrons. The molecule has 3 atom stereocenters. The summed E-state index contributed by atoms with van der Waals surface area (Å²) in [6, 6.07) is 12.7. The molecule has 2 fully saturated rings. The lowest BCUT2D eigenvalue weighted by Gasteiger charge is -2.31. The Morgan fingerprint density at radius 2 is 2.06 bits per heavy atom. The number of carbonyl (C=O) groups is 1. The van der Waals surface area contributed by atoms with Gasteiger partial charge in [-0.1, -0.05) is 12.1 Å². The van der Waals surface area contributed by atoms with Crippen LogP contribution in [0.2, 0.25) is 0 Å². The third-order valence-corrected chi connectivity index (χ3v) is 7.36. The van der Waals surface area contributed by atoms with Gasteiger partial charge in [-0.3, -0.25) is 9.69 Å². The van der Waals surface area contributed by atoms with Crippen LogP contribution in [-0.4, -0.2) is 67.1 Å². The molecule has 2 aromatic rings. The average Bonchev–Trinajstić information content (AvgIpc) is 3.49. The Morgan fingerprint density at radius 3 is 2.71 bits per heavy atom. The summed E-state index contributed by atoms with van der Waals surface area (Å²) in [5.74, 6) is 0.706. The van der Waals surface area contributed by atoms with Crippen molar-refractivity contribution in [3.63, 3.8) is 0 Å². The topological polar surface area (TPSA) is 75.5 Å². The summed E-state index contributed by atoms with van der Waals surface area (Å²) in [6.45, 7) is 11.2. The molecule has 7 heteroatoms. The van der Waals surface area contributed by atoms with Gasteiger partial charge in [-0.15, -0.1) is 0 Å². The third-order valence-electron chi connectivity index (χ3n) is 7.36. The number of likely N-dealkylation sites (N-methyl/N-ethyl adjacent to an activating group) is 2. The van der Waals surface area contributed by atoms with E-state index in [1.807, 2.05) is 56.9 Å². The van der Waals surface area contributed by atoms with E-state index in [1.54, 1.807) is 0 Å². The first-order chi connectivity index (χ1) is 16.3. The first kappa shape index (κ1) is 24.2. The van der Waals surface area contributed by atoms with Crippen molar-refractivity contribution in [2.75, 3.05) is 43.0 Å². The van der Waals surface area contributed by atoms with Crippen LogP contribution < -0.4 is 15.1 Å². The number of aryl methyl sites for hydroxylation is 3. The maximum absolute atomic E-state index is 14.1. The molecule has 1 aromatic heterocycles. The van der Waals surface area contributed by atoms with Crippen molar-refractivity contribution in [1.29, 1.82) is 5.26 Å². The van der Waals surface area contributed by atoms with Crippen molar-refractivity contribution in [2.24, 2.45) is 0 Å². The summed E-state index contributed by atoms with van der Waals surface area (Å²) in [7, 11) is 2.17. The van der Waals surface area contributed by atoms with Crippen LogP contribution in [0.3, 0.4) is 0 Å². The van der Waals surface area contributed by atoms with E-state index in [0.29, 0.717) is 36.9 Å². The molecular weight excluding hydrogens is 424 g/mol. The molecule has 1 amide bonds. The standard InChI is InChI=1S/C27H36N6O/c1-6-32(21-9-7-8-18(2)12-21)27(34)25-14-23(31(5)22-10-11-29-16-22)17-33(25)26-24(15-28)19(3)13-20(4)30-26/h7-9,12-13,22-23,25,29H,6,10-11,14,16-17H2,1-5H3/t22?,23-,25-/m0/s1. The van der Waals surface area contributed by atoms with Gasteiger partial charge < -0.3 is 15.1 Å². The molecule has 4 rings (SSSR count). The highest BCUT2D eigenvalue weighted by atomic mass is 16.2. The predicted octanol–water partition coefficient (Wildman–Crippen LogP) is 3.17. The van der Waals surface area contributed by atoms with Gasteiger partial charge in [-0.25, -0.2) is 4.98 Å². The molecular formula is C27H36N6O. The van der Waals surface area contributed by atoms with Crippen LogP contribution >= 0.6 is 0 Å². The zero-order valence-electron chi connectivity index (χ0n) is 21.0. The molecule has 0 spiro atoms. The molecule has 2 aliphatic rings. The first-order valence-corrected chi connectivity index (χ1v) is 12.3. The molecule has 1 unspecified atom stereocenters. The minimum atomic E-state index is -0.372. The van der Waals surface area contributed by atoms with Gasteiger partial charge in [0.2, 0.25) is 5.91 Å². The van der Waals surface area contributed by atoms with Crippen molar-refractivity contribution < 1.29 is 4.79 Å². The van der Waals surface area contributed by atoms with E-state index in [-0.39, 0.29) is 18.0 Å². The van der Waals surface area contributed by atoms with Gasteiger partial charge >= 0.3 is 0 Å². The maximum Gasteiger partial charge on any atom is 0.249 e. The second-order valence-corrected chi connectivity index (χ2v) is 9.68. The molecule has 0 radical (unpaired) electrons. The van der Waals surface area contributed by atoms with E-state index in [9.17, 15) is 10.1 Å². The van der Waals surface area contributed by atoms with Gasteiger partial charge in [-0.05, 0) is 83.5 Å². The van der Waals surface area contributed by atoms with Gasteiger partial charge in [0.05, 0.1) is 5.56 Å². The number of amides is 1. The number of nitriles is 1. The van der Waals surface area contributed by atoms with Crippen molar-refractivity contribution in [2.45, 2.75) is 58.7 Å². The number of nitrogens with zero attached hydrogens (tertiary/aromatic N) is 5. The Labute approximate surface area is 203 Å². The van der Waals surface area contributed by atoms with Gasteiger partial charge in [-0.2, -0.15) is 5.26 Å². The van der Waals surface area contributed by atoms with E-state index >= 15 is 0 Å². The van der Waals surface area contributed by atoms with Crippen LogP contribution in [0.15, 0.2) is 30.3 Å². The molecule has 34 heavy (non-hydrogen) atoms. The van der Waals surface area contributed by atoms with Crippen LogP contribution in [0.4, 0.5) is 11.5 Å². The fourth-order valence-electron chi connectivity index (χ4n) is 5.47. The Hall–Kier alpha value is -2.95. The van der Waals surface area contributed by atoms with Crippen LogP contribution in [0.1, 0.15) is 42.1 Å². The number of nitrogens with one attached hydrogen (secondary N) is 1. The zero-order valence-corrected chi connectivity index (χ0v) is 21.0. The van der Waals surface area contributed by atoms with E-state index in [4.69, 9.17) is 4.98 Å². The second kappa shape index (κ2) is 10.1. The van der Waals surface area contributed by atoms with Crippen molar-refractivity contribution in [3.05, 3.63) is 52.7 Å². The Balaban J connectivity index is 1.73. The Bertz CT molecular complexity index is 1090. The van der Waals surface area contributed by atoms with Gasteiger partial charge in [0, 0.05) is 43.1 Å². The van der Waals surface area contributed by atoms with Gasteiger partial charge in [0.25, 0.3) is 0 Å². The fourth-order valence-corrected chi connectivity index (χ4v) is 5.47. The van der Waals surface area contributed by atoms with E-state index < -0.39 is 0 Å². The summed E-state index contributed by atoms with van der Waals surface area (Å²) in [4.78, 5) is 25.3. The normalized spacial score (nSPS) is 22.3. The van der Waals surface area contributed by atoms with E-state index in [0.717, 1.165) is 42.0 Å². The number of anilines is 2. The Kier molecular flexibility index (Phi) is 7.20. The fraction of sp³-hybridized carbons (Fsp3) is 0.519. The number of benzene rings is 1. The summed E-state index contributed by atoms with van der Waals surface area (Å²) in [5, 5.41) is 13.4. The predicted molar refractivity (Wildman–Crippen MR) is 136 cm³/mol. The van der Waals surface area contributed by atoms with Crippen LogP contribution in [0.5, 0.6) is 0 Å². The minimum Gasteiger partial charge on any atom is -0.342 e. The summed E-state index contributed by atoms with van der Waals surface area (Å²) >= 11 is 0. The molecule has 3 heterocycles. The summed E-state index contributed by atoms with van der Waals surface area (Å²) in [6.07, 6.45) is 1.83. The number of carbonyl (C=O) groups excluding carboxylic acids is 1. The lowest BCUT2D eigenvalue weighted by atomic mass is 10.1. The van der Waals surface area contributed by atoms with Crippen LogP contribution in [-0.2, 0) is 4.79 Å². The average molecular weight is 461 g/mol. The number of pyridine rings is 1. The highest BCUT2D eigenvalue weighted by molar-refractivity contribution is 5.99. The zero-order chi connectivity index (χ0) is 24.4. The lowest BCUT2D eigenvalue weighted by molar-refractivity contribution is -0.119. The molecule has 0 bridgehead atoms. The maximum atomic E-state index is 14.1. The third kappa shape index (κ3) is 4.66. The molecule has 1 aromatic carbocycles. The quantitative estimate of drug-likeness (QED) is 0.714. The van der Waals surface area contributed by atoms with Crippen molar-refractivity contribution >= 4 is 17.4 Å². The smallest absolute Gasteiger partial charge is 0.249 e. The largest absolute Gasteiger partial charge is 0.342 e. The van der Waals surface area contributed by atoms with Gasteiger partial charge in [0.1, 0.15) is 17.9 Å². The van der Waals surface area contributed by atoms with Crippen LogP contribution in [0, 0.1) is 32.1 Å². The Morgan fingerprint density at radius 1 is 1.26 bits per heavy atom. The number of aromatic nitrogens is 1. The molecule has 2 aliphatic heterocycles. The second-order valence-electron chi connectivity index (χ2n) is 9.68. The lowest BCUT2D eigenvalue weighted by Crippen LogP contribution is -2.46. The SMILES string of the molecule is CCN(C(=O)[C@@H]1C[C@H](N(C)C2CCNC2)CN1c1nc(C)cc(C)c1C#N)c1cccc(C)c1. The molecule has 0 saturated carbocycles. The highest BCUT2D eigenvalue weighted by Crippen LogP contribution is 2.33. The molecule has 1 N–H and O–H groups in total. The van der Waals surface area contributed by atoms with E-state index in [1.165, 1.54) is 0 Å². The number of hydrogen-bond acceptors (Lipinski definition) is 6. The monoisotopic (exact) mass is 460 g/mol. The van der Waals surface area contributed by atoms with Crippen molar-refractivity contribution in [1.82, 2.24) is 15.2 Å². The number of rotatable bonds is 6. The summed E-state index contributed by atoms with van der Waals surface area (Å²) < 4.78 is 0. The molecule has 7 nitrogen and oxygen atoms in total. The highest BCUT2D eigenvalue weighted by Gasteiger charge is 2.43. The molecule has 2 saturated heterocycles. The van der Waals surface area contributed by atoms with Crippen molar-refractivity contribution in [3.8, 4) is 6.07 Å². The van der Waals surface area contributed by atoms with E-state index in [2.05, 4.69) is 34.3 Å². The first-order valence-electron chi connectivity index (χ1n) is 12.3. The minimum absolute atomic E-state index is 0.0680. The summed E-state index contributed by atoms with van der Waals surface area (Å²) in [5.41, 5.74) is 4.37.